The molecule has 4 nitrogen and oxygen atoms in total. The summed E-state index contributed by atoms with van der Waals surface area (Å²) in [4.78, 5) is 11.1. The van der Waals surface area contributed by atoms with Crippen LogP contribution in [0.2, 0.25) is 0 Å². The molecule has 98 valence electrons. The third-order valence-corrected chi connectivity index (χ3v) is 2.54. The van der Waals surface area contributed by atoms with E-state index in [9.17, 15) is 9.90 Å². The summed E-state index contributed by atoms with van der Waals surface area (Å²) in [6.45, 7) is 4.94. The number of halogens is 1. The van der Waals surface area contributed by atoms with E-state index >= 15 is 0 Å². The molecule has 0 bridgehead atoms. The Morgan fingerprint density at radius 2 is 2.00 bits per heavy atom. The minimum absolute atomic E-state index is 0.0606. The van der Waals surface area contributed by atoms with Crippen molar-refractivity contribution in [2.24, 2.45) is 0 Å². The van der Waals surface area contributed by atoms with Crippen LogP contribution in [0.15, 0.2) is 40.9 Å². The van der Waals surface area contributed by atoms with Crippen molar-refractivity contribution < 1.29 is 19.4 Å². The quantitative estimate of drug-likeness (QED) is 0.646. The molecule has 0 fully saturated rings. The fourth-order valence-electron chi connectivity index (χ4n) is 1.07. The fourth-order valence-corrected chi connectivity index (χ4v) is 1.33. The fraction of sp³-hybridized carbons (Fsp3) is 0.308. The van der Waals surface area contributed by atoms with E-state index in [0.29, 0.717) is 11.3 Å². The Kier molecular flexibility index (Phi) is 5.88. The lowest BCUT2D eigenvalue weighted by Crippen LogP contribution is -2.25. The normalized spacial score (nSPS) is 11.7. The van der Waals surface area contributed by atoms with Gasteiger partial charge < -0.3 is 14.6 Å². The largest absolute Gasteiger partial charge is 0.491 e. The molecule has 1 unspecified atom stereocenters. The third kappa shape index (κ3) is 5.33. The van der Waals surface area contributed by atoms with Gasteiger partial charge in [-0.15, -0.1) is 0 Å². The molecule has 0 saturated carbocycles. The van der Waals surface area contributed by atoms with Gasteiger partial charge in [-0.3, -0.25) is 0 Å². The molecule has 0 aliphatic rings. The molecule has 5 heteroatoms. The molecule has 0 aliphatic carbocycles. The SMILES string of the molecule is C=C(C)C(=O)OCC(O)COc1ccc(Br)cc1. The second-order valence-corrected chi connectivity index (χ2v) is 4.71. The van der Waals surface area contributed by atoms with E-state index in [1.165, 1.54) is 0 Å². The summed E-state index contributed by atoms with van der Waals surface area (Å²) < 4.78 is 11.1. The van der Waals surface area contributed by atoms with Crippen LogP contribution in [0.4, 0.5) is 0 Å². The second kappa shape index (κ2) is 7.18. The van der Waals surface area contributed by atoms with Gasteiger partial charge >= 0.3 is 5.97 Å². The number of esters is 1. The van der Waals surface area contributed by atoms with Crippen LogP contribution in [-0.2, 0) is 9.53 Å². The molecule has 0 amide bonds. The van der Waals surface area contributed by atoms with Gasteiger partial charge in [0.15, 0.2) is 0 Å². The Morgan fingerprint density at radius 1 is 1.39 bits per heavy atom. The number of hydrogen-bond donors (Lipinski definition) is 1. The van der Waals surface area contributed by atoms with E-state index < -0.39 is 12.1 Å². The van der Waals surface area contributed by atoms with Crippen molar-refractivity contribution in [2.75, 3.05) is 13.2 Å². The van der Waals surface area contributed by atoms with E-state index in [1.807, 2.05) is 12.1 Å². The van der Waals surface area contributed by atoms with Crippen molar-refractivity contribution >= 4 is 21.9 Å². The summed E-state index contributed by atoms with van der Waals surface area (Å²) in [5, 5.41) is 9.55. The predicted molar refractivity (Wildman–Crippen MR) is 71.4 cm³/mol. The number of hydrogen-bond acceptors (Lipinski definition) is 4. The van der Waals surface area contributed by atoms with Gasteiger partial charge in [0.05, 0.1) is 0 Å². The van der Waals surface area contributed by atoms with Crippen LogP contribution in [0.25, 0.3) is 0 Å². The van der Waals surface area contributed by atoms with Gasteiger partial charge in [0, 0.05) is 10.0 Å². The predicted octanol–water partition coefficient (Wildman–Crippen LogP) is 2.31. The van der Waals surface area contributed by atoms with Gasteiger partial charge in [-0.25, -0.2) is 4.79 Å². The van der Waals surface area contributed by atoms with Gasteiger partial charge in [0.25, 0.3) is 0 Å². The molecular weight excluding hydrogens is 300 g/mol. The molecule has 1 rings (SSSR count). The number of aliphatic hydroxyl groups excluding tert-OH is 1. The van der Waals surface area contributed by atoms with Crippen molar-refractivity contribution in [2.45, 2.75) is 13.0 Å². The minimum Gasteiger partial charge on any atom is -0.491 e. The number of carbonyl (C=O) groups is 1. The van der Waals surface area contributed by atoms with Crippen molar-refractivity contribution in [1.82, 2.24) is 0 Å². The lowest BCUT2D eigenvalue weighted by Gasteiger charge is -2.12. The molecule has 0 heterocycles. The summed E-state index contributed by atoms with van der Waals surface area (Å²) in [6, 6.07) is 7.22. The Hall–Kier alpha value is -1.33. The highest BCUT2D eigenvalue weighted by molar-refractivity contribution is 9.10. The van der Waals surface area contributed by atoms with Crippen molar-refractivity contribution in [1.29, 1.82) is 0 Å². The molecule has 0 saturated heterocycles. The van der Waals surface area contributed by atoms with Crippen molar-refractivity contribution in [3.8, 4) is 5.75 Å². The van der Waals surface area contributed by atoms with Crippen molar-refractivity contribution in [3.05, 3.63) is 40.9 Å². The monoisotopic (exact) mass is 314 g/mol. The van der Waals surface area contributed by atoms with Gasteiger partial charge in [-0.2, -0.15) is 0 Å². The molecule has 18 heavy (non-hydrogen) atoms. The first-order valence-electron chi connectivity index (χ1n) is 5.38. The smallest absolute Gasteiger partial charge is 0.333 e. The Morgan fingerprint density at radius 3 is 2.56 bits per heavy atom. The summed E-state index contributed by atoms with van der Waals surface area (Å²) >= 11 is 3.31. The Bertz CT molecular complexity index is 414. The molecule has 1 atom stereocenters. The highest BCUT2D eigenvalue weighted by Gasteiger charge is 2.10. The lowest BCUT2D eigenvalue weighted by atomic mass is 10.3. The lowest BCUT2D eigenvalue weighted by molar-refractivity contribution is -0.142. The van der Waals surface area contributed by atoms with Crippen molar-refractivity contribution in [3.63, 3.8) is 0 Å². The number of carbonyl (C=O) groups excluding carboxylic acids is 1. The zero-order valence-corrected chi connectivity index (χ0v) is 11.6. The van der Waals surface area contributed by atoms with Gasteiger partial charge in [-0.1, -0.05) is 22.5 Å². The van der Waals surface area contributed by atoms with Gasteiger partial charge in [0.1, 0.15) is 25.1 Å². The minimum atomic E-state index is -0.864. The summed E-state index contributed by atoms with van der Waals surface area (Å²) in [5.74, 6) is 0.126. The molecule has 1 N–H and O–H groups in total. The zero-order chi connectivity index (χ0) is 13.5. The van der Waals surface area contributed by atoms with E-state index in [-0.39, 0.29) is 13.2 Å². The topological polar surface area (TPSA) is 55.8 Å². The summed E-state index contributed by atoms with van der Waals surface area (Å²) in [7, 11) is 0. The highest BCUT2D eigenvalue weighted by Crippen LogP contribution is 2.16. The average Bonchev–Trinajstić information content (AvgIpc) is 2.35. The molecule has 0 aromatic heterocycles. The van der Waals surface area contributed by atoms with Crippen LogP contribution in [0.5, 0.6) is 5.75 Å². The maximum atomic E-state index is 11.1. The van der Waals surface area contributed by atoms with Crippen LogP contribution < -0.4 is 4.74 Å². The maximum Gasteiger partial charge on any atom is 0.333 e. The maximum absolute atomic E-state index is 11.1. The van der Waals surface area contributed by atoms with Crippen LogP contribution in [0.3, 0.4) is 0 Å². The van der Waals surface area contributed by atoms with Gasteiger partial charge in [-0.05, 0) is 31.2 Å². The first kappa shape index (κ1) is 14.7. The molecule has 0 aliphatic heterocycles. The standard InChI is InChI=1S/C13H15BrO4/c1-9(2)13(16)18-8-11(15)7-17-12-5-3-10(14)4-6-12/h3-6,11,15H,1,7-8H2,2H3. The highest BCUT2D eigenvalue weighted by atomic mass is 79.9. The van der Waals surface area contributed by atoms with Gasteiger partial charge in [0.2, 0.25) is 0 Å². The van der Waals surface area contributed by atoms with E-state index in [2.05, 4.69) is 22.5 Å². The van der Waals surface area contributed by atoms with Crippen LogP contribution in [0.1, 0.15) is 6.92 Å². The third-order valence-electron chi connectivity index (χ3n) is 2.01. The van der Waals surface area contributed by atoms with Crippen LogP contribution in [-0.4, -0.2) is 30.4 Å². The zero-order valence-electron chi connectivity index (χ0n) is 10.1. The summed E-state index contributed by atoms with van der Waals surface area (Å²) in [6.07, 6.45) is -0.864. The number of ether oxygens (including phenoxy) is 2. The summed E-state index contributed by atoms with van der Waals surface area (Å²) in [5.41, 5.74) is 0.302. The number of rotatable bonds is 6. The second-order valence-electron chi connectivity index (χ2n) is 3.80. The first-order valence-corrected chi connectivity index (χ1v) is 6.17. The molecular formula is C13H15BrO4. The first-order chi connectivity index (χ1) is 8.49. The number of aliphatic hydroxyl groups is 1. The Balaban J connectivity index is 2.28. The van der Waals surface area contributed by atoms with E-state index in [1.54, 1.807) is 19.1 Å². The molecule has 0 radical (unpaired) electrons. The van der Waals surface area contributed by atoms with E-state index in [4.69, 9.17) is 9.47 Å². The Labute approximate surface area is 114 Å². The molecule has 1 aromatic carbocycles. The van der Waals surface area contributed by atoms with Crippen LogP contribution >= 0.6 is 15.9 Å². The number of benzene rings is 1. The average molecular weight is 315 g/mol. The molecule has 1 aromatic rings. The van der Waals surface area contributed by atoms with E-state index in [0.717, 1.165) is 4.47 Å². The molecule has 0 spiro atoms. The van der Waals surface area contributed by atoms with Crippen LogP contribution in [0, 0.1) is 0 Å².